The number of azide groups is 1. The predicted octanol–water partition coefficient (Wildman–Crippen LogP) is 6.48. The van der Waals surface area contributed by atoms with Gasteiger partial charge in [-0.25, -0.2) is 9.97 Å². The number of benzene rings is 2. The van der Waals surface area contributed by atoms with Gasteiger partial charge in [-0.1, -0.05) is 53.6 Å². The number of alkyl halides is 2. The molecule has 2 aromatic carbocycles. The summed E-state index contributed by atoms with van der Waals surface area (Å²) >= 11 is 9.21. The van der Waals surface area contributed by atoms with Crippen molar-refractivity contribution in [1.29, 1.82) is 0 Å². The van der Waals surface area contributed by atoms with Gasteiger partial charge in [0.25, 0.3) is 0 Å². The minimum atomic E-state index is -1.00. The van der Waals surface area contributed by atoms with Gasteiger partial charge >= 0.3 is 29.6 Å². The van der Waals surface area contributed by atoms with Gasteiger partial charge in [0.05, 0.1) is 36.5 Å². The molecule has 0 radical (unpaired) electrons. The van der Waals surface area contributed by atoms with Crippen molar-refractivity contribution >= 4 is 34.3 Å². The van der Waals surface area contributed by atoms with Crippen LogP contribution in [0.15, 0.2) is 64.4 Å². The standard InChI is InChI=1S/C13H14ClNS.C13H14N4S.CH3F.N3.Na/c1-10-15-13(9-16-10)6-5-11-3-2-4-12(7-11)8-14;1-10-16-13(9-18-10)6-5-11-3-2-4-12(7-11)8-15-17-14;1-2;1-3-2;/h2-4,7,9H,5-6,8H2,1H3;2-4,7,9H,5-6,8H2,1H3;1H3;;/q;;;-1;+1/i;;1D;;. The van der Waals surface area contributed by atoms with E-state index in [1.54, 1.807) is 22.7 Å². The largest absolute Gasteiger partial charge is 1.00 e. The van der Waals surface area contributed by atoms with Gasteiger partial charge < -0.3 is 11.1 Å². The normalized spacial score (nSPS) is 9.45. The molecule has 0 atom stereocenters. The van der Waals surface area contributed by atoms with Gasteiger partial charge in [-0.05, 0) is 67.3 Å². The molecular formula is C27H31ClFN8NaS2. The van der Waals surface area contributed by atoms with Crippen LogP contribution in [0.2, 0.25) is 0 Å². The summed E-state index contributed by atoms with van der Waals surface area (Å²) in [5.74, 6) is 0.587. The van der Waals surface area contributed by atoms with Gasteiger partial charge in [-0.2, -0.15) is 0 Å². The first-order chi connectivity index (χ1) is 19.4. The molecule has 0 fully saturated rings. The Hall–Kier alpha value is -2.46. The monoisotopic (exact) mass is 609 g/mol. The quantitative estimate of drug-likeness (QED) is 0.0706. The first-order valence-corrected chi connectivity index (χ1v) is 14.1. The topological polar surface area (TPSA) is 133 Å². The summed E-state index contributed by atoms with van der Waals surface area (Å²) in [6.07, 6.45) is 3.96. The van der Waals surface area contributed by atoms with Gasteiger partial charge in [0, 0.05) is 21.6 Å². The van der Waals surface area contributed by atoms with Crippen molar-refractivity contribution in [3.63, 3.8) is 0 Å². The van der Waals surface area contributed by atoms with Crippen LogP contribution in [0, 0.1) is 13.8 Å². The van der Waals surface area contributed by atoms with Gasteiger partial charge in [-0.3, -0.25) is 9.30 Å². The second kappa shape index (κ2) is 23.3. The van der Waals surface area contributed by atoms with Crippen molar-refractivity contribution in [1.82, 2.24) is 9.97 Å². The molecule has 206 valence electrons. The molecule has 2 heterocycles. The van der Waals surface area contributed by atoms with Crippen molar-refractivity contribution in [3.05, 3.63) is 129 Å². The van der Waals surface area contributed by atoms with Crippen molar-refractivity contribution in [3.8, 4) is 0 Å². The van der Waals surface area contributed by atoms with Crippen LogP contribution in [0.4, 0.5) is 4.39 Å². The molecule has 0 aliphatic carbocycles. The summed E-state index contributed by atoms with van der Waals surface area (Å²) in [5, 5.41) is 10.1. The summed E-state index contributed by atoms with van der Waals surface area (Å²) in [6.45, 7) is 4.48. The fraction of sp³-hybridized carbons (Fsp3) is 0.333. The molecule has 8 nitrogen and oxygen atoms in total. The average molecular weight is 610 g/mol. The number of rotatable bonds is 9. The average Bonchev–Trinajstić information content (AvgIpc) is 3.58. The molecule has 0 aliphatic heterocycles. The maximum atomic E-state index is 9.96. The minimum absolute atomic E-state index is 0. The van der Waals surface area contributed by atoms with E-state index in [1.165, 1.54) is 27.3 Å². The van der Waals surface area contributed by atoms with Crippen LogP contribution in [0.1, 0.15) is 45.0 Å². The molecule has 13 heteroatoms. The molecular weight excluding hydrogens is 578 g/mol. The van der Waals surface area contributed by atoms with Gasteiger partial charge in [0.15, 0.2) is 0 Å². The van der Waals surface area contributed by atoms with E-state index in [4.69, 9.17) is 29.6 Å². The summed E-state index contributed by atoms with van der Waals surface area (Å²) in [4.78, 5) is 13.2. The van der Waals surface area contributed by atoms with E-state index in [0.29, 0.717) is 12.4 Å². The molecule has 4 rings (SSSR count). The first kappa shape index (κ1) is 35.6. The van der Waals surface area contributed by atoms with Crippen molar-refractivity contribution in [2.45, 2.75) is 52.0 Å². The molecule has 0 N–H and O–H groups in total. The van der Waals surface area contributed by atoms with Gasteiger partial charge in [0.2, 0.25) is 0 Å². The van der Waals surface area contributed by atoms with E-state index in [1.807, 2.05) is 26.0 Å². The van der Waals surface area contributed by atoms with E-state index in [9.17, 15) is 4.39 Å². The number of thiazole rings is 2. The van der Waals surface area contributed by atoms with Crippen molar-refractivity contribution in [2.24, 2.45) is 5.11 Å². The van der Waals surface area contributed by atoms with Gasteiger partial charge in [0.1, 0.15) is 0 Å². The zero-order chi connectivity index (χ0) is 29.6. The van der Waals surface area contributed by atoms with E-state index in [0.717, 1.165) is 47.0 Å². The summed E-state index contributed by atoms with van der Waals surface area (Å²) < 4.78 is 15.5. The number of hydrogen-bond donors (Lipinski definition) is 0. The fourth-order valence-corrected chi connectivity index (χ4v) is 4.92. The Kier molecular flexibility index (Phi) is 20.7. The number of aromatic nitrogens is 2. The Morgan fingerprint density at radius 1 is 0.850 bits per heavy atom. The van der Waals surface area contributed by atoms with Crippen LogP contribution >= 0.6 is 34.3 Å². The van der Waals surface area contributed by atoms with E-state index in [-0.39, 0.29) is 29.6 Å². The molecule has 4 aromatic rings. The van der Waals surface area contributed by atoms with Crippen molar-refractivity contribution < 1.29 is 35.3 Å². The molecule has 0 saturated heterocycles. The summed E-state index contributed by atoms with van der Waals surface area (Å²) in [6, 6.07) is 16.6. The van der Waals surface area contributed by atoms with E-state index < -0.39 is 7.15 Å². The Balaban J connectivity index is 0.000000645. The zero-order valence-corrected chi connectivity index (χ0v) is 27.3. The molecule has 0 spiro atoms. The van der Waals surface area contributed by atoms with Crippen LogP contribution in [0.25, 0.3) is 26.4 Å². The molecule has 0 aliphatic rings. The van der Waals surface area contributed by atoms with Crippen molar-refractivity contribution in [2.75, 3.05) is 7.15 Å². The minimum Gasteiger partial charge on any atom is -0.373 e. The van der Waals surface area contributed by atoms with Crippen LogP contribution in [-0.4, -0.2) is 17.1 Å². The molecule has 0 bridgehead atoms. The number of hydrogen-bond acceptors (Lipinski definition) is 5. The van der Waals surface area contributed by atoms with Gasteiger partial charge in [-0.15, -0.1) is 34.3 Å². The number of halogens is 2. The van der Waals surface area contributed by atoms with Crippen LogP contribution in [0.5, 0.6) is 0 Å². The summed E-state index contributed by atoms with van der Waals surface area (Å²) in [5.41, 5.74) is 29.0. The van der Waals surface area contributed by atoms with E-state index in [2.05, 4.69) is 67.2 Å². The maximum absolute atomic E-state index is 9.96. The Bertz CT molecular complexity index is 1360. The van der Waals surface area contributed by atoms with E-state index >= 15 is 0 Å². The second-order valence-electron chi connectivity index (χ2n) is 7.97. The molecule has 0 unspecified atom stereocenters. The van der Waals surface area contributed by atoms with Crippen LogP contribution in [0.3, 0.4) is 0 Å². The second-order valence-corrected chi connectivity index (χ2v) is 10.4. The SMILES string of the molecule is Cc1nc(CCc2cccc(CCl)c2)cs1.Cc1nc(CCc2cccc(CN=[N+]=[N-])c2)cs1.[2H]CF.[N-]=[N+]=[N-].[Na+]. The number of nitrogens with zero attached hydrogens (tertiary/aromatic N) is 8. The number of aryl methyl sites for hydroxylation is 6. The smallest absolute Gasteiger partial charge is 0.373 e. The predicted molar refractivity (Wildman–Crippen MR) is 161 cm³/mol. The zero-order valence-electron chi connectivity index (χ0n) is 23.9. The van der Waals surface area contributed by atoms with Crippen LogP contribution in [-0.2, 0) is 38.1 Å². The Morgan fingerprint density at radius 2 is 1.27 bits per heavy atom. The molecule has 0 saturated carbocycles. The maximum Gasteiger partial charge on any atom is 1.00 e. The Labute approximate surface area is 271 Å². The summed E-state index contributed by atoms with van der Waals surface area (Å²) in [7, 11) is -1.00. The van der Waals surface area contributed by atoms with Crippen LogP contribution < -0.4 is 29.6 Å². The third-order valence-corrected chi connectivity index (χ3v) is 7.08. The first-order valence-electron chi connectivity index (χ1n) is 12.5. The molecule has 40 heavy (non-hydrogen) atoms. The fourth-order valence-electron chi connectivity index (χ4n) is 3.46. The Morgan fingerprint density at radius 3 is 1.68 bits per heavy atom. The third-order valence-electron chi connectivity index (χ3n) is 5.13. The third kappa shape index (κ3) is 16.0. The molecule has 2 aromatic heterocycles. The molecule has 0 amide bonds.